The summed E-state index contributed by atoms with van der Waals surface area (Å²) >= 11 is 3.24. The van der Waals surface area contributed by atoms with E-state index in [1.165, 1.54) is 0 Å². The number of hydrogen-bond acceptors (Lipinski definition) is 3. The average Bonchev–Trinajstić information content (AvgIpc) is 2.16. The third-order valence-corrected chi connectivity index (χ3v) is 2.36. The predicted octanol–water partition coefficient (Wildman–Crippen LogP) is 1.58. The maximum absolute atomic E-state index is 9.65. The highest BCUT2D eigenvalue weighted by Gasteiger charge is 2.12. The first-order chi connectivity index (χ1) is 6.16. The second kappa shape index (κ2) is 4.58. The molecule has 0 spiro atoms. The number of aromatic nitrogens is 1. The molecular weight excluding hydrogens is 232 g/mol. The molecule has 0 aliphatic heterocycles. The van der Waals surface area contributed by atoms with Crippen molar-refractivity contribution in [1.82, 2.24) is 4.98 Å². The number of aliphatic hydroxyl groups is 1. The summed E-state index contributed by atoms with van der Waals surface area (Å²) in [6, 6.07) is 3.71. The van der Waals surface area contributed by atoms with Crippen molar-refractivity contribution >= 4 is 21.7 Å². The first-order valence-electron chi connectivity index (χ1n) is 4.03. The van der Waals surface area contributed by atoms with E-state index in [0.717, 1.165) is 11.4 Å². The molecule has 0 radical (unpaired) electrons. The van der Waals surface area contributed by atoms with E-state index in [2.05, 4.69) is 20.9 Å². The van der Waals surface area contributed by atoms with E-state index in [9.17, 15) is 5.11 Å². The van der Waals surface area contributed by atoms with Crippen LogP contribution in [0.1, 0.15) is 11.7 Å². The lowest BCUT2D eigenvalue weighted by Crippen LogP contribution is -2.15. The van der Waals surface area contributed by atoms with Gasteiger partial charge in [-0.25, -0.2) is 4.98 Å². The maximum atomic E-state index is 9.65. The van der Waals surface area contributed by atoms with Crippen molar-refractivity contribution in [1.29, 1.82) is 0 Å². The molecule has 0 aliphatic carbocycles. The van der Waals surface area contributed by atoms with Gasteiger partial charge in [0.05, 0.1) is 6.10 Å². The predicted molar refractivity (Wildman–Crippen MR) is 57.3 cm³/mol. The maximum Gasteiger partial charge on any atom is 0.133 e. The van der Waals surface area contributed by atoms with Crippen LogP contribution in [0.3, 0.4) is 0 Å². The minimum absolute atomic E-state index is 0.494. The van der Waals surface area contributed by atoms with Gasteiger partial charge in [-0.3, -0.25) is 0 Å². The van der Waals surface area contributed by atoms with Crippen molar-refractivity contribution in [3.05, 3.63) is 23.9 Å². The number of rotatable bonds is 3. The molecule has 0 saturated carbocycles. The van der Waals surface area contributed by atoms with Crippen molar-refractivity contribution in [2.24, 2.45) is 0 Å². The van der Waals surface area contributed by atoms with Gasteiger partial charge in [0, 0.05) is 31.2 Å². The Hall–Kier alpha value is -0.610. The first-order valence-corrected chi connectivity index (χ1v) is 5.15. The van der Waals surface area contributed by atoms with Crippen molar-refractivity contribution < 1.29 is 5.11 Å². The molecular formula is C9H13BrN2O. The Kier molecular flexibility index (Phi) is 3.69. The van der Waals surface area contributed by atoms with Gasteiger partial charge in [-0.1, -0.05) is 22.0 Å². The number of alkyl halides is 1. The van der Waals surface area contributed by atoms with Gasteiger partial charge in [0.2, 0.25) is 0 Å². The van der Waals surface area contributed by atoms with Gasteiger partial charge in [0.1, 0.15) is 5.82 Å². The lowest BCUT2D eigenvalue weighted by Gasteiger charge is -2.17. The molecule has 1 rings (SSSR count). The summed E-state index contributed by atoms with van der Waals surface area (Å²) in [6.07, 6.45) is 1.23. The van der Waals surface area contributed by atoms with Gasteiger partial charge in [0.25, 0.3) is 0 Å². The zero-order valence-electron chi connectivity index (χ0n) is 7.74. The quantitative estimate of drug-likeness (QED) is 0.821. The molecule has 0 amide bonds. The summed E-state index contributed by atoms with van der Waals surface area (Å²) in [5, 5.41) is 10.2. The lowest BCUT2D eigenvalue weighted by molar-refractivity contribution is 0.205. The van der Waals surface area contributed by atoms with Gasteiger partial charge in [0.15, 0.2) is 0 Å². The monoisotopic (exact) mass is 244 g/mol. The minimum Gasteiger partial charge on any atom is -0.387 e. The Bertz CT molecular complexity index is 278. The number of halogens is 1. The third kappa shape index (κ3) is 2.42. The molecule has 13 heavy (non-hydrogen) atoms. The van der Waals surface area contributed by atoms with Crippen LogP contribution in [0.25, 0.3) is 0 Å². The zero-order valence-corrected chi connectivity index (χ0v) is 9.32. The molecule has 1 heterocycles. The van der Waals surface area contributed by atoms with E-state index in [-0.39, 0.29) is 0 Å². The molecule has 0 saturated heterocycles. The molecule has 1 aromatic rings. The van der Waals surface area contributed by atoms with Crippen LogP contribution in [-0.4, -0.2) is 29.5 Å². The first kappa shape index (κ1) is 10.5. The zero-order chi connectivity index (χ0) is 9.84. The summed E-state index contributed by atoms with van der Waals surface area (Å²) in [6.45, 7) is 0. The van der Waals surface area contributed by atoms with Crippen LogP contribution in [0.4, 0.5) is 5.82 Å². The number of aliphatic hydroxyl groups excluding tert-OH is 1. The standard InChI is InChI=1S/C9H13BrN2O/c1-12(2)9-7(8(13)6-10)4-3-5-11-9/h3-5,8,13H,6H2,1-2H3. The summed E-state index contributed by atoms with van der Waals surface area (Å²) in [4.78, 5) is 6.08. The smallest absolute Gasteiger partial charge is 0.133 e. The minimum atomic E-state index is -0.494. The molecule has 0 fully saturated rings. The van der Waals surface area contributed by atoms with E-state index in [4.69, 9.17) is 0 Å². The lowest BCUT2D eigenvalue weighted by atomic mass is 10.1. The van der Waals surface area contributed by atoms with Crippen LogP contribution in [-0.2, 0) is 0 Å². The summed E-state index contributed by atoms with van der Waals surface area (Å²) in [5.74, 6) is 0.814. The summed E-state index contributed by atoms with van der Waals surface area (Å²) < 4.78 is 0. The number of hydrogen-bond donors (Lipinski definition) is 1. The molecule has 4 heteroatoms. The van der Waals surface area contributed by atoms with Crippen LogP contribution in [0.5, 0.6) is 0 Å². The molecule has 1 aromatic heterocycles. The summed E-state index contributed by atoms with van der Waals surface area (Å²) in [7, 11) is 3.82. The molecule has 1 N–H and O–H groups in total. The largest absolute Gasteiger partial charge is 0.387 e. The highest BCUT2D eigenvalue weighted by Crippen LogP contribution is 2.23. The Balaban J connectivity index is 3.04. The number of anilines is 1. The van der Waals surface area contributed by atoms with Crippen molar-refractivity contribution in [2.45, 2.75) is 6.10 Å². The Morgan fingerprint density at radius 3 is 2.85 bits per heavy atom. The van der Waals surface area contributed by atoms with Gasteiger partial charge in [-0.15, -0.1) is 0 Å². The molecule has 0 bridgehead atoms. The molecule has 0 aliphatic rings. The fourth-order valence-corrected chi connectivity index (χ4v) is 1.48. The fraction of sp³-hybridized carbons (Fsp3) is 0.444. The molecule has 72 valence electrons. The average molecular weight is 245 g/mol. The van der Waals surface area contributed by atoms with Crippen LogP contribution >= 0.6 is 15.9 Å². The molecule has 0 aromatic carbocycles. The van der Waals surface area contributed by atoms with E-state index >= 15 is 0 Å². The number of nitrogens with zero attached hydrogens (tertiary/aromatic N) is 2. The third-order valence-electron chi connectivity index (χ3n) is 1.75. The fourth-order valence-electron chi connectivity index (χ4n) is 1.13. The van der Waals surface area contributed by atoms with E-state index in [1.807, 2.05) is 31.1 Å². The Morgan fingerprint density at radius 1 is 1.62 bits per heavy atom. The van der Waals surface area contributed by atoms with Gasteiger partial charge >= 0.3 is 0 Å². The highest BCUT2D eigenvalue weighted by atomic mass is 79.9. The van der Waals surface area contributed by atoms with Crippen LogP contribution in [0, 0.1) is 0 Å². The van der Waals surface area contributed by atoms with Crippen molar-refractivity contribution in [3.63, 3.8) is 0 Å². The highest BCUT2D eigenvalue weighted by molar-refractivity contribution is 9.09. The second-order valence-corrected chi connectivity index (χ2v) is 3.63. The Labute approximate surface area is 86.5 Å². The molecule has 1 unspecified atom stereocenters. The number of pyridine rings is 1. The normalized spacial score (nSPS) is 12.6. The second-order valence-electron chi connectivity index (χ2n) is 2.98. The van der Waals surface area contributed by atoms with Crippen LogP contribution in [0.2, 0.25) is 0 Å². The van der Waals surface area contributed by atoms with Crippen LogP contribution in [0.15, 0.2) is 18.3 Å². The topological polar surface area (TPSA) is 36.4 Å². The van der Waals surface area contributed by atoms with Gasteiger partial charge < -0.3 is 10.0 Å². The van der Waals surface area contributed by atoms with Gasteiger partial charge in [-0.2, -0.15) is 0 Å². The van der Waals surface area contributed by atoms with Crippen molar-refractivity contribution in [3.8, 4) is 0 Å². The molecule has 1 atom stereocenters. The Morgan fingerprint density at radius 2 is 2.31 bits per heavy atom. The van der Waals surface area contributed by atoms with Crippen molar-refractivity contribution in [2.75, 3.05) is 24.3 Å². The van der Waals surface area contributed by atoms with E-state index in [0.29, 0.717) is 5.33 Å². The van der Waals surface area contributed by atoms with Gasteiger partial charge in [-0.05, 0) is 6.07 Å². The van der Waals surface area contributed by atoms with Crippen LogP contribution < -0.4 is 4.90 Å². The summed E-state index contributed by atoms with van der Waals surface area (Å²) in [5.41, 5.74) is 0.851. The SMILES string of the molecule is CN(C)c1ncccc1C(O)CBr. The van der Waals surface area contributed by atoms with E-state index < -0.39 is 6.10 Å². The van der Waals surface area contributed by atoms with E-state index in [1.54, 1.807) is 6.20 Å². The molecule has 3 nitrogen and oxygen atoms in total.